The number of nitrogens with zero attached hydrogens (tertiary/aromatic N) is 3. The van der Waals surface area contributed by atoms with Crippen LogP contribution in [0.2, 0.25) is 0 Å². The van der Waals surface area contributed by atoms with Crippen LogP contribution >= 0.6 is 0 Å². The van der Waals surface area contributed by atoms with E-state index in [4.69, 9.17) is 0 Å². The van der Waals surface area contributed by atoms with Crippen LogP contribution in [0.3, 0.4) is 0 Å². The van der Waals surface area contributed by atoms with E-state index in [2.05, 4.69) is 4.98 Å². The number of hydrogen-bond acceptors (Lipinski definition) is 4. The van der Waals surface area contributed by atoms with Gasteiger partial charge < -0.3 is 14.9 Å². The minimum absolute atomic E-state index is 0.0187. The zero-order chi connectivity index (χ0) is 16.2. The van der Waals surface area contributed by atoms with Crippen LogP contribution in [0.1, 0.15) is 42.5 Å². The summed E-state index contributed by atoms with van der Waals surface area (Å²) in [5.41, 5.74) is 0.598. The molecule has 6 heteroatoms. The lowest BCUT2D eigenvalue weighted by atomic mass is 9.98. The van der Waals surface area contributed by atoms with Crippen molar-refractivity contribution in [2.24, 2.45) is 5.92 Å². The monoisotopic (exact) mass is 317 g/mol. The van der Waals surface area contributed by atoms with E-state index >= 15 is 0 Å². The molecule has 2 fully saturated rings. The van der Waals surface area contributed by atoms with Gasteiger partial charge in [0.1, 0.15) is 5.82 Å². The van der Waals surface area contributed by atoms with Crippen molar-refractivity contribution in [2.75, 3.05) is 31.1 Å². The van der Waals surface area contributed by atoms with Crippen molar-refractivity contribution in [1.29, 1.82) is 0 Å². The third-order valence-corrected chi connectivity index (χ3v) is 4.73. The number of anilines is 1. The van der Waals surface area contributed by atoms with Crippen molar-refractivity contribution < 1.29 is 14.7 Å². The first kappa shape index (κ1) is 15.8. The van der Waals surface area contributed by atoms with Gasteiger partial charge in [-0.05, 0) is 44.2 Å². The van der Waals surface area contributed by atoms with Gasteiger partial charge in [0.15, 0.2) is 0 Å². The third-order valence-electron chi connectivity index (χ3n) is 4.73. The molecule has 2 aliphatic heterocycles. The molecule has 0 aliphatic carbocycles. The van der Waals surface area contributed by atoms with Crippen molar-refractivity contribution in [3.8, 4) is 0 Å². The lowest BCUT2D eigenvalue weighted by molar-refractivity contribution is -0.141. The van der Waals surface area contributed by atoms with E-state index in [9.17, 15) is 14.7 Å². The molecule has 1 atom stereocenters. The number of piperidine rings is 2. The second-order valence-electron chi connectivity index (χ2n) is 6.35. The molecule has 1 unspecified atom stereocenters. The number of amides is 1. The van der Waals surface area contributed by atoms with Crippen LogP contribution in [0, 0.1) is 5.92 Å². The number of carboxylic acid groups (broad SMARTS) is 1. The first-order valence-corrected chi connectivity index (χ1v) is 8.39. The zero-order valence-electron chi connectivity index (χ0n) is 13.3. The Bertz CT molecular complexity index is 584. The highest BCUT2D eigenvalue weighted by Crippen LogP contribution is 2.26. The Balaban J connectivity index is 1.82. The predicted octanol–water partition coefficient (Wildman–Crippen LogP) is 2.01. The number of carbonyl (C=O) groups excluding carboxylic acids is 1. The fourth-order valence-electron chi connectivity index (χ4n) is 3.45. The van der Waals surface area contributed by atoms with E-state index in [1.54, 1.807) is 12.3 Å². The van der Waals surface area contributed by atoms with Gasteiger partial charge in [-0.15, -0.1) is 0 Å². The molecular weight excluding hydrogens is 294 g/mol. The smallest absolute Gasteiger partial charge is 0.308 e. The molecule has 0 spiro atoms. The molecule has 0 radical (unpaired) electrons. The number of likely N-dealkylation sites (tertiary alicyclic amines) is 1. The quantitative estimate of drug-likeness (QED) is 0.923. The molecule has 0 saturated carbocycles. The first-order chi connectivity index (χ1) is 11.2. The van der Waals surface area contributed by atoms with Gasteiger partial charge in [-0.3, -0.25) is 9.59 Å². The number of aromatic nitrogens is 1. The maximum absolute atomic E-state index is 12.8. The van der Waals surface area contributed by atoms with Crippen LogP contribution in [-0.2, 0) is 4.79 Å². The van der Waals surface area contributed by atoms with E-state index in [0.717, 1.165) is 38.9 Å². The van der Waals surface area contributed by atoms with E-state index in [-0.39, 0.29) is 11.8 Å². The number of carbonyl (C=O) groups is 2. The minimum Gasteiger partial charge on any atom is -0.481 e. The van der Waals surface area contributed by atoms with Gasteiger partial charge in [0.2, 0.25) is 0 Å². The van der Waals surface area contributed by atoms with E-state index in [1.165, 1.54) is 6.42 Å². The van der Waals surface area contributed by atoms with Crippen LogP contribution in [0.5, 0.6) is 0 Å². The Hall–Kier alpha value is -2.11. The number of pyridine rings is 1. The molecule has 1 N–H and O–H groups in total. The standard InChI is InChI=1S/C17H23N3O3/c21-16(19-9-2-1-3-10-19)14-7-4-8-18-15(14)20-11-5-6-13(12-20)17(22)23/h4,7-8,13H,1-3,5-6,9-12H2,(H,22,23). The van der Waals surface area contributed by atoms with Crippen LogP contribution in [0.15, 0.2) is 18.3 Å². The molecule has 6 nitrogen and oxygen atoms in total. The molecule has 23 heavy (non-hydrogen) atoms. The summed E-state index contributed by atoms with van der Waals surface area (Å²) in [5.74, 6) is -0.502. The van der Waals surface area contributed by atoms with Crippen LogP contribution in [0.4, 0.5) is 5.82 Å². The average Bonchev–Trinajstić information content (AvgIpc) is 2.62. The fourth-order valence-corrected chi connectivity index (χ4v) is 3.45. The highest BCUT2D eigenvalue weighted by atomic mass is 16.4. The van der Waals surface area contributed by atoms with Gasteiger partial charge >= 0.3 is 5.97 Å². The van der Waals surface area contributed by atoms with Gasteiger partial charge in [-0.2, -0.15) is 0 Å². The topological polar surface area (TPSA) is 73.7 Å². The normalized spacial score (nSPS) is 22.0. The molecule has 1 aromatic heterocycles. The molecule has 3 heterocycles. The number of hydrogen-bond donors (Lipinski definition) is 1. The van der Waals surface area contributed by atoms with Crippen LogP contribution in [-0.4, -0.2) is 53.0 Å². The Kier molecular flexibility index (Phi) is 4.79. The molecular formula is C17H23N3O3. The second kappa shape index (κ2) is 6.98. The summed E-state index contributed by atoms with van der Waals surface area (Å²) >= 11 is 0. The summed E-state index contributed by atoms with van der Waals surface area (Å²) in [7, 11) is 0. The molecule has 1 aromatic rings. The Morgan fingerprint density at radius 3 is 2.65 bits per heavy atom. The number of carboxylic acids is 1. The summed E-state index contributed by atoms with van der Waals surface area (Å²) in [5, 5.41) is 9.26. The lowest BCUT2D eigenvalue weighted by Crippen LogP contribution is -2.41. The maximum atomic E-state index is 12.8. The molecule has 3 rings (SSSR count). The zero-order valence-corrected chi connectivity index (χ0v) is 13.3. The van der Waals surface area contributed by atoms with Crippen LogP contribution in [0.25, 0.3) is 0 Å². The Morgan fingerprint density at radius 2 is 1.91 bits per heavy atom. The second-order valence-corrected chi connectivity index (χ2v) is 6.35. The highest BCUT2D eigenvalue weighted by molar-refractivity contribution is 5.99. The molecule has 2 aliphatic rings. The summed E-state index contributed by atoms with van der Waals surface area (Å²) in [4.78, 5) is 32.3. The molecule has 0 bridgehead atoms. The van der Waals surface area contributed by atoms with Gasteiger partial charge in [0, 0.05) is 32.4 Å². The van der Waals surface area contributed by atoms with Crippen molar-refractivity contribution in [3.05, 3.63) is 23.9 Å². The summed E-state index contributed by atoms with van der Waals surface area (Å²) in [6.07, 6.45) is 6.44. The fraction of sp³-hybridized carbons (Fsp3) is 0.588. The summed E-state index contributed by atoms with van der Waals surface area (Å²) < 4.78 is 0. The average molecular weight is 317 g/mol. The van der Waals surface area contributed by atoms with Crippen molar-refractivity contribution >= 4 is 17.7 Å². The number of aliphatic carboxylic acids is 1. The molecule has 1 amide bonds. The van der Waals surface area contributed by atoms with Gasteiger partial charge in [0.05, 0.1) is 11.5 Å². The van der Waals surface area contributed by atoms with E-state index in [1.807, 2.05) is 15.9 Å². The van der Waals surface area contributed by atoms with Gasteiger partial charge in [-0.25, -0.2) is 4.98 Å². The summed E-state index contributed by atoms with van der Waals surface area (Å²) in [6, 6.07) is 3.59. The maximum Gasteiger partial charge on any atom is 0.308 e. The van der Waals surface area contributed by atoms with Crippen LogP contribution < -0.4 is 4.90 Å². The molecule has 124 valence electrons. The first-order valence-electron chi connectivity index (χ1n) is 8.39. The lowest BCUT2D eigenvalue weighted by Gasteiger charge is -2.34. The Morgan fingerprint density at radius 1 is 1.13 bits per heavy atom. The van der Waals surface area contributed by atoms with Crippen molar-refractivity contribution in [1.82, 2.24) is 9.88 Å². The number of rotatable bonds is 3. The summed E-state index contributed by atoms with van der Waals surface area (Å²) in [6.45, 7) is 2.77. The minimum atomic E-state index is -0.769. The molecule has 2 saturated heterocycles. The van der Waals surface area contributed by atoms with Crippen molar-refractivity contribution in [3.63, 3.8) is 0 Å². The predicted molar refractivity (Wildman–Crippen MR) is 86.6 cm³/mol. The van der Waals surface area contributed by atoms with Gasteiger partial charge in [-0.1, -0.05) is 0 Å². The third kappa shape index (κ3) is 3.46. The van der Waals surface area contributed by atoms with Gasteiger partial charge in [0.25, 0.3) is 5.91 Å². The van der Waals surface area contributed by atoms with E-state index in [0.29, 0.717) is 24.3 Å². The van der Waals surface area contributed by atoms with E-state index < -0.39 is 5.97 Å². The van der Waals surface area contributed by atoms with Crippen molar-refractivity contribution in [2.45, 2.75) is 32.1 Å². The largest absolute Gasteiger partial charge is 0.481 e. The molecule has 0 aromatic carbocycles. The SMILES string of the molecule is O=C(O)C1CCCN(c2ncccc2C(=O)N2CCCCC2)C1. The Labute approximate surface area is 136 Å². The highest BCUT2D eigenvalue weighted by Gasteiger charge is 2.29.